The van der Waals surface area contributed by atoms with Gasteiger partial charge in [-0.2, -0.15) is 11.1 Å². The highest BCUT2D eigenvalue weighted by Gasteiger charge is 2.55. The summed E-state index contributed by atoms with van der Waals surface area (Å²) in [6.45, 7) is 2.46. The summed E-state index contributed by atoms with van der Waals surface area (Å²) < 4.78 is 11.3. The van der Waals surface area contributed by atoms with E-state index in [-0.39, 0.29) is 18.2 Å². The zero-order valence-corrected chi connectivity index (χ0v) is 19.6. The van der Waals surface area contributed by atoms with Crippen LogP contribution in [0.5, 0.6) is 5.75 Å². The number of methoxy groups -OCH3 is 1. The Labute approximate surface area is 200 Å². The predicted octanol–water partition coefficient (Wildman–Crippen LogP) is 2.75. The van der Waals surface area contributed by atoms with Crippen molar-refractivity contribution < 1.29 is 14.3 Å². The van der Waals surface area contributed by atoms with Gasteiger partial charge in [0.15, 0.2) is 0 Å². The van der Waals surface area contributed by atoms with Gasteiger partial charge in [-0.3, -0.25) is 4.79 Å². The Morgan fingerprint density at radius 2 is 1.79 bits per heavy atom. The van der Waals surface area contributed by atoms with Gasteiger partial charge < -0.3 is 14.4 Å². The van der Waals surface area contributed by atoms with Crippen molar-refractivity contribution >= 4 is 5.91 Å². The molecule has 0 unspecified atom stereocenters. The van der Waals surface area contributed by atoms with Crippen molar-refractivity contribution in [1.82, 2.24) is 26.8 Å². The molecule has 2 aromatic rings. The summed E-state index contributed by atoms with van der Waals surface area (Å²) in [5, 5.41) is 0. The molecular formula is C26H33N5O3. The molecule has 0 bridgehead atoms. The third-order valence-corrected chi connectivity index (χ3v) is 8.14. The number of carbonyl (C=O) groups is 1. The number of hydrazine groups is 3. The number of piperidine rings is 1. The third kappa shape index (κ3) is 3.99. The molecule has 1 saturated carbocycles. The van der Waals surface area contributed by atoms with Gasteiger partial charge in [0, 0.05) is 25.3 Å². The number of carbonyl (C=O) groups excluding carboxylic acids is 1. The molecule has 1 spiro atoms. The number of likely N-dealkylation sites (tertiary alicyclic amines) is 1. The number of rotatable bonds is 5. The molecule has 3 saturated heterocycles. The van der Waals surface area contributed by atoms with Crippen molar-refractivity contribution in [2.45, 2.75) is 50.3 Å². The summed E-state index contributed by atoms with van der Waals surface area (Å²) in [6.07, 6.45) is 5.09. The Kier molecular flexibility index (Phi) is 5.79. The van der Waals surface area contributed by atoms with Gasteiger partial charge in [0.25, 0.3) is 5.91 Å². The highest BCUT2D eigenvalue weighted by Crippen LogP contribution is 2.65. The molecule has 4 fully saturated rings. The highest BCUT2D eigenvalue weighted by atomic mass is 16.5. The van der Waals surface area contributed by atoms with Gasteiger partial charge in [0.2, 0.25) is 0 Å². The van der Waals surface area contributed by atoms with Gasteiger partial charge in [-0.15, -0.1) is 0 Å². The third-order valence-electron chi connectivity index (χ3n) is 8.14. The second-order valence-electron chi connectivity index (χ2n) is 10.00. The molecule has 180 valence electrons. The maximum absolute atomic E-state index is 12.7. The quantitative estimate of drug-likeness (QED) is 0.543. The first-order valence-corrected chi connectivity index (χ1v) is 12.4. The fourth-order valence-electron chi connectivity index (χ4n) is 5.97. The first-order chi connectivity index (χ1) is 16.7. The van der Waals surface area contributed by atoms with E-state index >= 15 is 0 Å². The van der Waals surface area contributed by atoms with Crippen molar-refractivity contribution in [3.05, 3.63) is 53.6 Å². The average Bonchev–Trinajstić information content (AvgIpc) is 3.31. The van der Waals surface area contributed by atoms with Crippen molar-refractivity contribution in [2.75, 3.05) is 26.8 Å². The molecule has 0 radical (unpaired) electrons. The molecule has 3 heterocycles. The molecule has 4 aliphatic rings. The van der Waals surface area contributed by atoms with E-state index in [1.807, 2.05) is 11.0 Å². The van der Waals surface area contributed by atoms with Crippen molar-refractivity contribution in [1.29, 1.82) is 0 Å². The maximum atomic E-state index is 12.7. The van der Waals surface area contributed by atoms with Crippen LogP contribution < -0.4 is 26.7 Å². The van der Waals surface area contributed by atoms with Gasteiger partial charge in [0.05, 0.1) is 7.11 Å². The molecular weight excluding hydrogens is 430 g/mol. The minimum atomic E-state index is -0.195. The average molecular weight is 464 g/mol. The van der Waals surface area contributed by atoms with Crippen LogP contribution in [0.4, 0.5) is 0 Å². The first-order valence-electron chi connectivity index (χ1n) is 12.4. The molecule has 0 aromatic heterocycles. The molecule has 6 rings (SSSR count). The van der Waals surface area contributed by atoms with Crippen molar-refractivity contribution in [3.8, 4) is 16.9 Å². The van der Waals surface area contributed by atoms with Gasteiger partial charge >= 0.3 is 0 Å². The Balaban J connectivity index is 1.13. The Morgan fingerprint density at radius 3 is 2.47 bits per heavy atom. The zero-order valence-electron chi connectivity index (χ0n) is 19.6. The molecule has 34 heavy (non-hydrogen) atoms. The smallest absolute Gasteiger partial charge is 0.251 e. The van der Waals surface area contributed by atoms with Crippen molar-refractivity contribution in [2.24, 2.45) is 5.41 Å². The Morgan fingerprint density at radius 1 is 1.06 bits per heavy atom. The number of ether oxygens (including phenoxy) is 2. The van der Waals surface area contributed by atoms with Crippen LogP contribution in [0.1, 0.15) is 55.3 Å². The molecule has 1 amide bonds. The lowest BCUT2D eigenvalue weighted by Gasteiger charge is -2.34. The number of hydrogen-bond acceptors (Lipinski definition) is 7. The first kappa shape index (κ1) is 22.0. The van der Waals surface area contributed by atoms with E-state index in [9.17, 15) is 4.79 Å². The lowest BCUT2D eigenvalue weighted by atomic mass is 9.88. The van der Waals surface area contributed by atoms with Crippen LogP contribution in [-0.4, -0.2) is 43.7 Å². The number of hydrogen-bond donors (Lipinski definition) is 4. The number of nitrogens with one attached hydrogen (secondary N) is 4. The van der Waals surface area contributed by atoms with E-state index < -0.39 is 0 Å². The van der Waals surface area contributed by atoms with Crippen molar-refractivity contribution in [3.63, 3.8) is 0 Å². The molecule has 4 N–H and O–H groups in total. The molecule has 2 aromatic carbocycles. The molecule has 3 aliphatic heterocycles. The standard InChI is InChI=1S/C26H33N5O3/c1-33-22-9-8-19(24-27-29-30-28-24)15-20(22)17-4-6-18(7-5-17)21-16-26(21)10-12-31(13-11-26)25(32)23-3-2-14-34-23/h4-9,15,21,23-24,27-30H,2-3,10-14,16H2,1H3/t21-,23+/m0/s1. The summed E-state index contributed by atoms with van der Waals surface area (Å²) in [7, 11) is 1.71. The maximum Gasteiger partial charge on any atom is 0.251 e. The topological polar surface area (TPSA) is 86.9 Å². The SMILES string of the molecule is COc1ccc(C2NNNN2)cc1-c1ccc([C@@H]2CC23CCN(C(=O)[C@H]2CCCO2)CC3)cc1. The largest absolute Gasteiger partial charge is 0.496 e. The fourth-order valence-corrected chi connectivity index (χ4v) is 5.97. The van der Waals surface area contributed by atoms with Crippen LogP contribution in [-0.2, 0) is 9.53 Å². The normalized spacial score (nSPS) is 26.2. The highest BCUT2D eigenvalue weighted by molar-refractivity contribution is 5.81. The van der Waals surface area contributed by atoms with E-state index in [2.05, 4.69) is 58.3 Å². The minimum absolute atomic E-state index is 0.0202. The van der Waals surface area contributed by atoms with Gasteiger partial charge in [-0.25, -0.2) is 10.9 Å². The van der Waals surface area contributed by atoms with Crippen LogP contribution in [0.2, 0.25) is 0 Å². The molecule has 8 nitrogen and oxygen atoms in total. The second-order valence-corrected chi connectivity index (χ2v) is 10.00. The number of amides is 1. The fraction of sp³-hybridized carbons (Fsp3) is 0.500. The summed E-state index contributed by atoms with van der Waals surface area (Å²) in [6, 6.07) is 15.2. The van der Waals surface area contributed by atoms with Crippen LogP contribution in [0.3, 0.4) is 0 Å². The Bertz CT molecular complexity index is 1040. The van der Waals surface area contributed by atoms with Crippen LogP contribution in [0, 0.1) is 5.41 Å². The zero-order chi connectivity index (χ0) is 23.1. The summed E-state index contributed by atoms with van der Waals surface area (Å²) >= 11 is 0. The minimum Gasteiger partial charge on any atom is -0.496 e. The van der Waals surface area contributed by atoms with Crippen LogP contribution in [0.25, 0.3) is 11.1 Å². The monoisotopic (exact) mass is 463 g/mol. The lowest BCUT2D eigenvalue weighted by molar-refractivity contribution is -0.142. The van der Waals surface area contributed by atoms with E-state index in [4.69, 9.17) is 9.47 Å². The summed E-state index contributed by atoms with van der Waals surface area (Å²) in [4.78, 5) is 14.7. The van der Waals surface area contributed by atoms with Gasteiger partial charge in [0.1, 0.15) is 18.0 Å². The number of nitrogens with zero attached hydrogens (tertiary/aromatic N) is 1. The summed E-state index contributed by atoms with van der Waals surface area (Å²) in [5.74, 6) is 1.67. The number of benzene rings is 2. The van der Waals surface area contributed by atoms with E-state index in [0.717, 1.165) is 67.8 Å². The molecule has 2 atom stereocenters. The van der Waals surface area contributed by atoms with E-state index in [0.29, 0.717) is 11.3 Å². The summed E-state index contributed by atoms with van der Waals surface area (Å²) in [5.41, 5.74) is 17.1. The van der Waals surface area contributed by atoms with E-state index in [1.165, 1.54) is 12.0 Å². The Hall–Kier alpha value is -2.49. The molecule has 1 aliphatic carbocycles. The van der Waals surface area contributed by atoms with Crippen LogP contribution in [0.15, 0.2) is 42.5 Å². The lowest BCUT2D eigenvalue weighted by Crippen LogP contribution is -2.44. The second kappa shape index (κ2) is 8.94. The van der Waals surface area contributed by atoms with Crippen LogP contribution >= 0.6 is 0 Å². The predicted molar refractivity (Wildman–Crippen MR) is 128 cm³/mol. The van der Waals surface area contributed by atoms with Gasteiger partial charge in [-0.05, 0) is 72.3 Å². The molecule has 8 heteroatoms. The van der Waals surface area contributed by atoms with Gasteiger partial charge in [-0.1, -0.05) is 30.3 Å². The van der Waals surface area contributed by atoms with E-state index in [1.54, 1.807) is 7.11 Å².